The molecule has 0 aliphatic rings. The third-order valence-corrected chi connectivity index (χ3v) is 4.16. The van der Waals surface area contributed by atoms with E-state index in [2.05, 4.69) is 15.5 Å². The highest BCUT2D eigenvalue weighted by Gasteiger charge is 2.17. The minimum Gasteiger partial charge on any atom is -0.493 e. The van der Waals surface area contributed by atoms with Gasteiger partial charge in [-0.2, -0.15) is 0 Å². The first-order valence-electron chi connectivity index (χ1n) is 6.24. The van der Waals surface area contributed by atoms with Crippen molar-refractivity contribution in [3.05, 3.63) is 23.1 Å². The summed E-state index contributed by atoms with van der Waals surface area (Å²) >= 11 is 1.43. The van der Waals surface area contributed by atoms with Crippen LogP contribution in [-0.2, 0) is 0 Å². The summed E-state index contributed by atoms with van der Waals surface area (Å²) in [6.45, 7) is 1.73. The summed E-state index contributed by atoms with van der Waals surface area (Å²) in [5, 5.41) is 16.0. The van der Waals surface area contributed by atoms with Crippen molar-refractivity contribution in [3.63, 3.8) is 0 Å². The molecule has 0 fully saturated rings. The van der Waals surface area contributed by atoms with E-state index in [0.717, 1.165) is 21.3 Å². The number of hydrogen-bond acceptors (Lipinski definition) is 7. The van der Waals surface area contributed by atoms with Gasteiger partial charge in [-0.05, 0) is 25.1 Å². The Morgan fingerprint density at radius 2 is 2.00 bits per heavy atom. The molecule has 7 heteroatoms. The molecule has 21 heavy (non-hydrogen) atoms. The van der Waals surface area contributed by atoms with Crippen LogP contribution in [0.2, 0.25) is 0 Å². The van der Waals surface area contributed by atoms with Crippen molar-refractivity contribution in [2.75, 3.05) is 26.6 Å². The van der Waals surface area contributed by atoms with Gasteiger partial charge in [0, 0.05) is 12.6 Å². The minimum atomic E-state index is 0.513. The quantitative estimate of drug-likeness (QED) is 0.504. The lowest BCUT2D eigenvalue weighted by Crippen LogP contribution is -1.96. The van der Waals surface area contributed by atoms with Crippen LogP contribution in [0.4, 0.5) is 5.13 Å². The maximum Gasteiger partial charge on any atom is 0.183 e. The van der Waals surface area contributed by atoms with Crippen LogP contribution >= 0.6 is 11.3 Å². The SMILES string of the molecule is CNc1nc(-c2ccc(OC)c(OC)c2)c(/C(C)=N/O)s1. The van der Waals surface area contributed by atoms with E-state index in [1.807, 2.05) is 18.2 Å². The second-order valence-corrected chi connectivity index (χ2v) is 5.20. The molecule has 0 spiro atoms. The number of rotatable bonds is 5. The van der Waals surface area contributed by atoms with Gasteiger partial charge < -0.3 is 20.0 Å². The fourth-order valence-corrected chi connectivity index (χ4v) is 2.78. The number of aromatic nitrogens is 1. The van der Waals surface area contributed by atoms with Gasteiger partial charge in [-0.15, -0.1) is 0 Å². The number of benzene rings is 1. The monoisotopic (exact) mass is 307 g/mol. The highest BCUT2D eigenvalue weighted by Crippen LogP contribution is 2.36. The molecule has 0 radical (unpaired) electrons. The molecule has 0 bridgehead atoms. The fourth-order valence-electron chi connectivity index (χ4n) is 1.90. The van der Waals surface area contributed by atoms with Crippen molar-refractivity contribution in [2.45, 2.75) is 6.92 Å². The molecule has 0 unspecified atom stereocenters. The average Bonchev–Trinajstić information content (AvgIpc) is 2.97. The van der Waals surface area contributed by atoms with Crippen LogP contribution in [-0.4, -0.2) is 37.2 Å². The lowest BCUT2D eigenvalue weighted by Gasteiger charge is -2.09. The van der Waals surface area contributed by atoms with Crippen molar-refractivity contribution in [3.8, 4) is 22.8 Å². The lowest BCUT2D eigenvalue weighted by molar-refractivity contribution is 0.319. The molecule has 6 nitrogen and oxygen atoms in total. The van der Waals surface area contributed by atoms with Crippen molar-refractivity contribution in [2.24, 2.45) is 5.16 Å². The molecule has 2 N–H and O–H groups in total. The summed E-state index contributed by atoms with van der Waals surface area (Å²) in [5.41, 5.74) is 2.11. The molecule has 0 atom stereocenters. The zero-order valence-corrected chi connectivity index (χ0v) is 13.1. The predicted molar refractivity (Wildman–Crippen MR) is 84.2 cm³/mol. The second kappa shape index (κ2) is 6.45. The molecule has 0 aliphatic carbocycles. The van der Waals surface area contributed by atoms with Gasteiger partial charge in [0.25, 0.3) is 0 Å². The van der Waals surface area contributed by atoms with Crippen molar-refractivity contribution < 1.29 is 14.7 Å². The first kappa shape index (κ1) is 15.1. The maximum atomic E-state index is 9.03. The number of hydrogen-bond donors (Lipinski definition) is 2. The molecule has 2 rings (SSSR count). The van der Waals surface area contributed by atoms with Gasteiger partial charge in [-0.25, -0.2) is 4.98 Å². The van der Waals surface area contributed by atoms with Gasteiger partial charge in [0.05, 0.1) is 30.5 Å². The Hall–Kier alpha value is -2.28. The summed E-state index contributed by atoms with van der Waals surface area (Å²) in [6, 6.07) is 5.56. The Balaban J connectivity index is 2.58. The normalized spacial score (nSPS) is 11.3. The smallest absolute Gasteiger partial charge is 0.183 e. The Kier molecular flexibility index (Phi) is 4.64. The van der Waals surface area contributed by atoms with Crippen LogP contribution in [0.3, 0.4) is 0 Å². The highest BCUT2D eigenvalue weighted by atomic mass is 32.1. The highest BCUT2D eigenvalue weighted by molar-refractivity contribution is 7.18. The second-order valence-electron chi connectivity index (χ2n) is 4.20. The minimum absolute atomic E-state index is 0.513. The summed E-state index contributed by atoms with van der Waals surface area (Å²) in [4.78, 5) is 5.32. The van der Waals surface area contributed by atoms with E-state index in [-0.39, 0.29) is 0 Å². The van der Waals surface area contributed by atoms with Crippen LogP contribution < -0.4 is 14.8 Å². The number of oxime groups is 1. The summed E-state index contributed by atoms with van der Waals surface area (Å²) < 4.78 is 10.5. The summed E-state index contributed by atoms with van der Waals surface area (Å²) in [5.74, 6) is 1.28. The zero-order valence-electron chi connectivity index (χ0n) is 12.3. The van der Waals surface area contributed by atoms with E-state index < -0.39 is 0 Å². The molecule has 1 heterocycles. The molecule has 1 aromatic heterocycles. The van der Waals surface area contributed by atoms with E-state index in [0.29, 0.717) is 17.2 Å². The molecule has 0 amide bonds. The molecular formula is C14H17N3O3S. The van der Waals surface area contributed by atoms with Crippen LogP contribution in [0.1, 0.15) is 11.8 Å². The van der Waals surface area contributed by atoms with E-state index in [4.69, 9.17) is 14.7 Å². The third-order valence-electron chi connectivity index (χ3n) is 2.98. The van der Waals surface area contributed by atoms with Crippen LogP contribution in [0.15, 0.2) is 23.4 Å². The summed E-state index contributed by atoms with van der Waals surface area (Å²) in [7, 11) is 4.98. The Morgan fingerprint density at radius 3 is 2.57 bits per heavy atom. The first-order valence-corrected chi connectivity index (χ1v) is 7.06. The first-order chi connectivity index (χ1) is 10.1. The van der Waals surface area contributed by atoms with Gasteiger partial charge in [-0.3, -0.25) is 0 Å². The molecule has 2 aromatic rings. The van der Waals surface area contributed by atoms with Crippen LogP contribution in [0.5, 0.6) is 11.5 Å². The molecule has 1 aromatic carbocycles. The number of nitrogens with one attached hydrogen (secondary N) is 1. The molecule has 0 saturated heterocycles. The van der Waals surface area contributed by atoms with E-state index in [9.17, 15) is 0 Å². The summed E-state index contributed by atoms with van der Waals surface area (Å²) in [6.07, 6.45) is 0. The number of thiazole rings is 1. The van der Waals surface area contributed by atoms with E-state index >= 15 is 0 Å². The van der Waals surface area contributed by atoms with Gasteiger partial charge >= 0.3 is 0 Å². The topological polar surface area (TPSA) is 76.0 Å². The number of nitrogens with zero attached hydrogens (tertiary/aromatic N) is 2. The van der Waals surface area contributed by atoms with Gasteiger partial charge in [0.2, 0.25) is 0 Å². The van der Waals surface area contributed by atoms with Crippen molar-refractivity contribution in [1.29, 1.82) is 0 Å². The maximum absolute atomic E-state index is 9.03. The van der Waals surface area contributed by atoms with Crippen molar-refractivity contribution in [1.82, 2.24) is 4.98 Å². The fraction of sp³-hybridized carbons (Fsp3) is 0.286. The Morgan fingerprint density at radius 1 is 1.29 bits per heavy atom. The average molecular weight is 307 g/mol. The van der Waals surface area contributed by atoms with E-state index in [1.54, 1.807) is 28.2 Å². The van der Waals surface area contributed by atoms with Crippen LogP contribution in [0.25, 0.3) is 11.3 Å². The van der Waals surface area contributed by atoms with Crippen molar-refractivity contribution >= 4 is 22.2 Å². The Labute approximate surface area is 127 Å². The number of ether oxygens (including phenoxy) is 2. The zero-order chi connectivity index (χ0) is 15.4. The van der Waals surface area contributed by atoms with Crippen LogP contribution in [0, 0.1) is 0 Å². The molecule has 0 saturated carbocycles. The third kappa shape index (κ3) is 2.92. The number of anilines is 1. The number of methoxy groups -OCH3 is 2. The molecule has 112 valence electrons. The molecular weight excluding hydrogens is 290 g/mol. The molecule has 0 aliphatic heterocycles. The Bertz CT molecular complexity index is 667. The van der Waals surface area contributed by atoms with Gasteiger partial charge in [-0.1, -0.05) is 16.5 Å². The van der Waals surface area contributed by atoms with E-state index in [1.165, 1.54) is 11.3 Å². The van der Waals surface area contributed by atoms with Gasteiger partial charge in [0.15, 0.2) is 16.6 Å². The predicted octanol–water partition coefficient (Wildman–Crippen LogP) is 3.07. The van der Waals surface area contributed by atoms with Gasteiger partial charge in [0.1, 0.15) is 0 Å². The standard InChI is InChI=1S/C14H17N3O3S/c1-8(17-18)13-12(16-14(15-2)21-13)9-5-6-10(19-3)11(7-9)20-4/h5-7,18H,1-4H3,(H,15,16)/b17-8+. The lowest BCUT2D eigenvalue weighted by atomic mass is 10.1. The largest absolute Gasteiger partial charge is 0.493 e.